The van der Waals surface area contributed by atoms with E-state index in [1.165, 1.54) is 63.5 Å². The quantitative estimate of drug-likeness (QED) is 0.324. The highest BCUT2D eigenvalue weighted by molar-refractivity contribution is 7.99. The number of ether oxygens (including phenoxy) is 1. The van der Waals surface area contributed by atoms with Crippen LogP contribution >= 0.6 is 11.8 Å². The van der Waals surface area contributed by atoms with Crippen LogP contribution in [-0.4, -0.2) is 17.7 Å². The summed E-state index contributed by atoms with van der Waals surface area (Å²) in [6.45, 7) is 4.67. The van der Waals surface area contributed by atoms with Crippen LogP contribution in [0.15, 0.2) is 30.3 Å². The number of benzene rings is 1. The standard InChI is InChI=1S/C20H34NOS/c1-2-20(21)23-18-14-9-7-5-3-4-6-8-13-17-22-19-15-11-10-12-16-19/h10-12,15-16,20H,1-9,13-14,17-18,21H2. The van der Waals surface area contributed by atoms with E-state index in [0.29, 0.717) is 0 Å². The van der Waals surface area contributed by atoms with Crippen molar-refractivity contribution in [1.29, 1.82) is 0 Å². The van der Waals surface area contributed by atoms with Gasteiger partial charge in [0.15, 0.2) is 0 Å². The maximum atomic E-state index is 5.83. The molecule has 1 aromatic carbocycles. The third-order valence-electron chi connectivity index (χ3n) is 3.92. The van der Waals surface area contributed by atoms with Crippen LogP contribution in [0.1, 0.15) is 64.2 Å². The molecule has 0 heterocycles. The Morgan fingerprint density at radius 1 is 0.870 bits per heavy atom. The Hall–Kier alpha value is -0.670. The van der Waals surface area contributed by atoms with Gasteiger partial charge in [0.25, 0.3) is 0 Å². The first-order chi connectivity index (χ1) is 11.3. The van der Waals surface area contributed by atoms with Gasteiger partial charge in [0, 0.05) is 0 Å². The van der Waals surface area contributed by atoms with Crippen molar-refractivity contribution in [1.82, 2.24) is 0 Å². The maximum absolute atomic E-state index is 5.83. The molecule has 0 bridgehead atoms. The van der Waals surface area contributed by atoms with Gasteiger partial charge >= 0.3 is 0 Å². The fourth-order valence-electron chi connectivity index (χ4n) is 2.47. The molecule has 0 aromatic heterocycles. The lowest BCUT2D eigenvalue weighted by Gasteiger charge is -2.07. The van der Waals surface area contributed by atoms with Gasteiger partial charge in [-0.15, -0.1) is 11.8 Å². The van der Waals surface area contributed by atoms with Gasteiger partial charge in [-0.2, -0.15) is 0 Å². The van der Waals surface area contributed by atoms with E-state index in [1.807, 2.05) is 42.1 Å². The molecule has 0 saturated heterocycles. The SMILES string of the molecule is [CH2]CC(N)SCCCCCCCCCCCOc1ccccc1. The number of rotatable bonds is 15. The van der Waals surface area contributed by atoms with Gasteiger partial charge in [-0.25, -0.2) is 0 Å². The second kappa shape index (κ2) is 14.9. The molecule has 1 aromatic rings. The van der Waals surface area contributed by atoms with E-state index in [1.54, 1.807) is 0 Å². The average Bonchev–Trinajstić information content (AvgIpc) is 2.59. The van der Waals surface area contributed by atoms with Gasteiger partial charge < -0.3 is 10.5 Å². The monoisotopic (exact) mass is 336 g/mol. The summed E-state index contributed by atoms with van der Waals surface area (Å²) in [6.07, 6.45) is 12.8. The number of unbranched alkanes of at least 4 members (excludes halogenated alkanes) is 8. The van der Waals surface area contributed by atoms with Crippen molar-refractivity contribution in [3.63, 3.8) is 0 Å². The van der Waals surface area contributed by atoms with E-state index in [-0.39, 0.29) is 5.37 Å². The predicted octanol–water partition coefficient (Wildman–Crippen LogP) is 5.82. The lowest BCUT2D eigenvalue weighted by Crippen LogP contribution is -2.14. The Morgan fingerprint density at radius 2 is 1.43 bits per heavy atom. The molecule has 0 spiro atoms. The Morgan fingerprint density at radius 3 is 2.04 bits per heavy atom. The van der Waals surface area contributed by atoms with Crippen LogP contribution in [0.4, 0.5) is 0 Å². The molecule has 0 aliphatic rings. The molecule has 1 radical (unpaired) electrons. The van der Waals surface area contributed by atoms with Crippen molar-refractivity contribution < 1.29 is 4.74 Å². The average molecular weight is 337 g/mol. The molecule has 131 valence electrons. The van der Waals surface area contributed by atoms with Gasteiger partial charge in [-0.1, -0.05) is 70.1 Å². The molecule has 0 fully saturated rings. The third-order valence-corrected chi connectivity index (χ3v) is 5.11. The molecule has 3 heteroatoms. The van der Waals surface area contributed by atoms with E-state index in [4.69, 9.17) is 10.5 Å². The van der Waals surface area contributed by atoms with Crippen LogP contribution in [0.2, 0.25) is 0 Å². The first-order valence-electron chi connectivity index (χ1n) is 9.17. The van der Waals surface area contributed by atoms with Crippen molar-refractivity contribution in [3.05, 3.63) is 37.3 Å². The zero-order valence-corrected chi connectivity index (χ0v) is 15.4. The first-order valence-corrected chi connectivity index (χ1v) is 10.2. The van der Waals surface area contributed by atoms with E-state index < -0.39 is 0 Å². The molecule has 0 saturated carbocycles. The Bertz CT molecular complexity index is 358. The second-order valence-corrected chi connectivity index (χ2v) is 7.39. The normalized spacial score (nSPS) is 12.3. The van der Waals surface area contributed by atoms with Crippen LogP contribution in [0.25, 0.3) is 0 Å². The highest BCUT2D eigenvalue weighted by Crippen LogP contribution is 2.14. The number of nitrogens with two attached hydrogens (primary N) is 1. The third kappa shape index (κ3) is 12.4. The Balaban J connectivity index is 1.75. The lowest BCUT2D eigenvalue weighted by molar-refractivity contribution is 0.304. The van der Waals surface area contributed by atoms with Crippen molar-refractivity contribution >= 4 is 11.8 Å². The van der Waals surface area contributed by atoms with E-state index in [9.17, 15) is 0 Å². The summed E-state index contributed by atoms with van der Waals surface area (Å²) in [5.74, 6) is 2.18. The maximum Gasteiger partial charge on any atom is 0.119 e. The Labute approximate surface area is 147 Å². The molecular weight excluding hydrogens is 302 g/mol. The molecular formula is C20H34NOS. The fourth-order valence-corrected chi connectivity index (χ4v) is 3.31. The van der Waals surface area contributed by atoms with Crippen molar-refractivity contribution in [3.8, 4) is 5.75 Å². The van der Waals surface area contributed by atoms with Gasteiger partial charge in [-0.05, 0) is 37.1 Å². The highest BCUT2D eigenvalue weighted by Gasteiger charge is 1.98. The smallest absolute Gasteiger partial charge is 0.119 e. The predicted molar refractivity (Wildman–Crippen MR) is 104 cm³/mol. The van der Waals surface area contributed by atoms with Crippen LogP contribution in [0.3, 0.4) is 0 Å². The fraction of sp³-hybridized carbons (Fsp3) is 0.650. The minimum absolute atomic E-state index is 0.237. The zero-order chi connectivity index (χ0) is 16.6. The number of para-hydroxylation sites is 1. The molecule has 1 unspecified atom stereocenters. The first kappa shape index (κ1) is 20.4. The van der Waals surface area contributed by atoms with E-state index in [0.717, 1.165) is 18.8 Å². The minimum atomic E-state index is 0.237. The summed E-state index contributed by atoms with van der Waals surface area (Å²) in [7, 11) is 0. The summed E-state index contributed by atoms with van der Waals surface area (Å²) in [4.78, 5) is 0. The van der Waals surface area contributed by atoms with Gasteiger partial charge in [0.2, 0.25) is 0 Å². The summed E-state index contributed by atoms with van der Waals surface area (Å²) in [5, 5.41) is 0.237. The van der Waals surface area contributed by atoms with E-state index in [2.05, 4.69) is 6.92 Å². The highest BCUT2D eigenvalue weighted by atomic mass is 32.2. The molecule has 2 N–H and O–H groups in total. The van der Waals surface area contributed by atoms with Crippen molar-refractivity contribution in [2.45, 2.75) is 69.6 Å². The van der Waals surface area contributed by atoms with Crippen molar-refractivity contribution in [2.24, 2.45) is 5.73 Å². The molecule has 0 aliphatic carbocycles. The van der Waals surface area contributed by atoms with Crippen LogP contribution < -0.4 is 10.5 Å². The topological polar surface area (TPSA) is 35.2 Å². The van der Waals surface area contributed by atoms with E-state index >= 15 is 0 Å². The summed E-state index contributed by atoms with van der Waals surface area (Å²) >= 11 is 1.86. The zero-order valence-electron chi connectivity index (χ0n) is 14.6. The molecule has 0 amide bonds. The number of hydrogen-bond acceptors (Lipinski definition) is 3. The molecule has 0 aliphatic heterocycles. The van der Waals surface area contributed by atoms with Crippen LogP contribution in [-0.2, 0) is 0 Å². The molecule has 2 nitrogen and oxygen atoms in total. The molecule has 23 heavy (non-hydrogen) atoms. The van der Waals surface area contributed by atoms with Crippen LogP contribution in [0.5, 0.6) is 5.75 Å². The lowest BCUT2D eigenvalue weighted by atomic mass is 10.1. The van der Waals surface area contributed by atoms with Gasteiger partial charge in [0.1, 0.15) is 5.75 Å². The van der Waals surface area contributed by atoms with Crippen LogP contribution in [0, 0.1) is 6.92 Å². The number of hydrogen-bond donors (Lipinski definition) is 1. The summed E-state index contributed by atoms with van der Waals surface area (Å²) in [5.41, 5.74) is 5.83. The Kier molecular flexibility index (Phi) is 13.2. The second-order valence-electron chi connectivity index (χ2n) is 6.04. The van der Waals surface area contributed by atoms with Gasteiger partial charge in [0.05, 0.1) is 12.0 Å². The summed E-state index contributed by atoms with van der Waals surface area (Å²) < 4.78 is 5.70. The molecule has 1 atom stereocenters. The summed E-state index contributed by atoms with van der Waals surface area (Å²) in [6, 6.07) is 10.1. The van der Waals surface area contributed by atoms with Gasteiger partial charge in [-0.3, -0.25) is 0 Å². The van der Waals surface area contributed by atoms with Crippen molar-refractivity contribution in [2.75, 3.05) is 12.4 Å². The minimum Gasteiger partial charge on any atom is -0.494 e. The number of thioether (sulfide) groups is 1. The molecule has 1 rings (SSSR count). The largest absolute Gasteiger partial charge is 0.494 e.